The van der Waals surface area contributed by atoms with Crippen LogP contribution in [0.5, 0.6) is 0 Å². The number of rotatable bonds is 3. The third-order valence-electron chi connectivity index (χ3n) is 4.01. The number of imidazole rings is 1. The molecule has 3 heteroatoms. The largest absolute Gasteiger partial charge is 0.330 e. The minimum atomic E-state index is 0.163. The summed E-state index contributed by atoms with van der Waals surface area (Å²) in [5.74, 6) is 0. The summed E-state index contributed by atoms with van der Waals surface area (Å²) in [6, 6.07) is 0.666. The molecule has 0 amide bonds. The molecule has 0 bridgehead atoms. The molecule has 0 saturated heterocycles. The second-order valence-corrected chi connectivity index (χ2v) is 6.89. The van der Waals surface area contributed by atoms with Gasteiger partial charge in [-0.3, -0.25) is 0 Å². The van der Waals surface area contributed by atoms with Crippen molar-refractivity contribution in [2.24, 2.45) is 0 Å². The highest BCUT2D eigenvalue weighted by Gasteiger charge is 2.17. The molecule has 0 aliphatic heterocycles. The van der Waals surface area contributed by atoms with E-state index >= 15 is 0 Å². The van der Waals surface area contributed by atoms with Crippen LogP contribution in [0.3, 0.4) is 0 Å². The van der Waals surface area contributed by atoms with Gasteiger partial charge in [0.1, 0.15) is 0 Å². The lowest BCUT2D eigenvalue weighted by molar-refractivity contribution is 0.354. The normalized spacial score (nSPS) is 19.1. The second kappa shape index (κ2) is 6.56. The first kappa shape index (κ1) is 14.6. The lowest BCUT2D eigenvalue weighted by Crippen LogP contribution is -2.35. The van der Waals surface area contributed by atoms with Gasteiger partial charge in [-0.1, -0.05) is 32.1 Å². The third-order valence-corrected chi connectivity index (χ3v) is 4.01. The summed E-state index contributed by atoms with van der Waals surface area (Å²) in [5.41, 5.74) is 1.50. The second-order valence-electron chi connectivity index (χ2n) is 6.89. The van der Waals surface area contributed by atoms with Gasteiger partial charge in [0.15, 0.2) is 0 Å². The van der Waals surface area contributed by atoms with E-state index in [1.165, 1.54) is 50.6 Å². The average molecular weight is 263 g/mol. The Hall–Kier alpha value is -0.830. The summed E-state index contributed by atoms with van der Waals surface area (Å²) in [4.78, 5) is 4.38. The highest BCUT2D eigenvalue weighted by atomic mass is 15.1. The van der Waals surface area contributed by atoms with E-state index in [2.05, 4.69) is 35.6 Å². The summed E-state index contributed by atoms with van der Waals surface area (Å²) in [5, 5.41) is 3.57. The first-order valence-electron chi connectivity index (χ1n) is 7.82. The van der Waals surface area contributed by atoms with Gasteiger partial charge in [0.05, 0.1) is 12.0 Å². The fraction of sp³-hybridized carbons (Fsp3) is 0.812. The van der Waals surface area contributed by atoms with Crippen LogP contribution < -0.4 is 5.32 Å². The number of nitrogens with one attached hydrogen (secondary N) is 1. The smallest absolute Gasteiger partial charge is 0.0951 e. The molecule has 0 aromatic carbocycles. The zero-order chi connectivity index (χ0) is 13.7. The Morgan fingerprint density at radius 2 is 1.79 bits per heavy atom. The Morgan fingerprint density at radius 1 is 1.16 bits per heavy atom. The van der Waals surface area contributed by atoms with Crippen LogP contribution in [0.1, 0.15) is 77.5 Å². The Bertz CT molecular complexity index is 368. The first-order chi connectivity index (χ1) is 9.06. The molecule has 19 heavy (non-hydrogen) atoms. The van der Waals surface area contributed by atoms with Crippen LogP contribution in [0, 0.1) is 0 Å². The lowest BCUT2D eigenvalue weighted by atomic mass is 9.96. The average Bonchev–Trinajstić information content (AvgIpc) is 2.73. The molecule has 1 heterocycles. The predicted molar refractivity (Wildman–Crippen MR) is 80.2 cm³/mol. The molecule has 0 spiro atoms. The van der Waals surface area contributed by atoms with Gasteiger partial charge in [-0.2, -0.15) is 0 Å². The molecular weight excluding hydrogens is 234 g/mol. The maximum Gasteiger partial charge on any atom is 0.0951 e. The zero-order valence-corrected chi connectivity index (χ0v) is 12.8. The summed E-state index contributed by atoms with van der Waals surface area (Å²) >= 11 is 0. The van der Waals surface area contributed by atoms with E-state index in [0.29, 0.717) is 6.04 Å². The van der Waals surface area contributed by atoms with Crippen molar-refractivity contribution in [3.05, 3.63) is 18.2 Å². The van der Waals surface area contributed by atoms with Crippen LogP contribution in [0.2, 0.25) is 0 Å². The Kier molecular flexibility index (Phi) is 5.03. The van der Waals surface area contributed by atoms with E-state index in [1.807, 2.05) is 12.5 Å². The summed E-state index contributed by atoms with van der Waals surface area (Å²) in [6.45, 7) is 7.55. The number of aromatic nitrogens is 2. The number of hydrogen-bond donors (Lipinski definition) is 1. The Morgan fingerprint density at radius 3 is 2.42 bits per heavy atom. The zero-order valence-electron chi connectivity index (χ0n) is 12.8. The maximum atomic E-state index is 4.38. The van der Waals surface area contributed by atoms with Crippen LogP contribution in [-0.2, 0) is 6.54 Å². The summed E-state index contributed by atoms with van der Waals surface area (Å²) in [6.07, 6.45) is 13.7. The molecule has 1 aromatic rings. The van der Waals surface area contributed by atoms with E-state index in [-0.39, 0.29) is 5.54 Å². The fourth-order valence-corrected chi connectivity index (χ4v) is 2.87. The SMILES string of the molecule is CC(C)(C)NCc1cncn1C1CCCCCCC1. The van der Waals surface area contributed by atoms with Gasteiger partial charge in [-0.25, -0.2) is 4.98 Å². The molecule has 1 aliphatic carbocycles. The van der Waals surface area contributed by atoms with E-state index in [9.17, 15) is 0 Å². The molecule has 1 aliphatic rings. The van der Waals surface area contributed by atoms with Crippen molar-refractivity contribution >= 4 is 0 Å². The van der Waals surface area contributed by atoms with Crippen molar-refractivity contribution in [2.45, 2.75) is 83.8 Å². The van der Waals surface area contributed by atoms with Crippen LogP contribution in [-0.4, -0.2) is 15.1 Å². The highest BCUT2D eigenvalue weighted by molar-refractivity contribution is 5.01. The lowest BCUT2D eigenvalue weighted by Gasteiger charge is -2.25. The Balaban J connectivity index is 2.00. The van der Waals surface area contributed by atoms with Crippen molar-refractivity contribution in [1.82, 2.24) is 14.9 Å². The van der Waals surface area contributed by atoms with E-state index < -0.39 is 0 Å². The van der Waals surface area contributed by atoms with Gasteiger partial charge < -0.3 is 9.88 Å². The standard InChI is InChI=1S/C16H29N3/c1-16(2,3)18-12-15-11-17-13-19(15)14-9-7-5-4-6-8-10-14/h11,13-14,18H,4-10,12H2,1-3H3. The van der Waals surface area contributed by atoms with Crippen LogP contribution in [0.4, 0.5) is 0 Å². The van der Waals surface area contributed by atoms with Gasteiger partial charge in [0.25, 0.3) is 0 Å². The predicted octanol–water partition coefficient (Wildman–Crippen LogP) is 4.06. The van der Waals surface area contributed by atoms with Crippen molar-refractivity contribution in [1.29, 1.82) is 0 Å². The molecule has 0 radical (unpaired) electrons. The first-order valence-corrected chi connectivity index (χ1v) is 7.82. The van der Waals surface area contributed by atoms with Crippen LogP contribution >= 0.6 is 0 Å². The maximum absolute atomic E-state index is 4.38. The molecule has 1 N–H and O–H groups in total. The minimum absolute atomic E-state index is 0.163. The molecule has 108 valence electrons. The molecule has 1 aromatic heterocycles. The van der Waals surface area contributed by atoms with Crippen molar-refractivity contribution in [3.63, 3.8) is 0 Å². The van der Waals surface area contributed by atoms with Crippen molar-refractivity contribution in [3.8, 4) is 0 Å². The van der Waals surface area contributed by atoms with Crippen LogP contribution in [0.25, 0.3) is 0 Å². The Labute approximate surface area is 117 Å². The van der Waals surface area contributed by atoms with Gasteiger partial charge in [-0.15, -0.1) is 0 Å². The van der Waals surface area contributed by atoms with Gasteiger partial charge in [-0.05, 0) is 33.6 Å². The molecule has 0 atom stereocenters. The summed E-state index contributed by atoms with van der Waals surface area (Å²) < 4.78 is 2.42. The van der Waals surface area contributed by atoms with Crippen molar-refractivity contribution < 1.29 is 0 Å². The quantitative estimate of drug-likeness (QED) is 0.891. The molecule has 1 fully saturated rings. The molecule has 0 unspecified atom stereocenters. The van der Waals surface area contributed by atoms with E-state index in [1.54, 1.807) is 0 Å². The van der Waals surface area contributed by atoms with Gasteiger partial charge in [0.2, 0.25) is 0 Å². The molecular formula is C16H29N3. The topological polar surface area (TPSA) is 29.9 Å². The number of hydrogen-bond acceptors (Lipinski definition) is 2. The minimum Gasteiger partial charge on any atom is -0.330 e. The number of nitrogens with zero attached hydrogens (tertiary/aromatic N) is 2. The molecule has 1 saturated carbocycles. The molecule has 3 nitrogen and oxygen atoms in total. The monoisotopic (exact) mass is 263 g/mol. The van der Waals surface area contributed by atoms with Gasteiger partial charge >= 0.3 is 0 Å². The highest BCUT2D eigenvalue weighted by Crippen LogP contribution is 2.27. The van der Waals surface area contributed by atoms with E-state index in [4.69, 9.17) is 0 Å². The van der Waals surface area contributed by atoms with E-state index in [0.717, 1.165) is 6.54 Å². The van der Waals surface area contributed by atoms with Crippen molar-refractivity contribution in [2.75, 3.05) is 0 Å². The fourth-order valence-electron chi connectivity index (χ4n) is 2.87. The third kappa shape index (κ3) is 4.64. The van der Waals surface area contributed by atoms with Gasteiger partial charge in [0, 0.05) is 24.3 Å². The molecule has 2 rings (SSSR count). The summed E-state index contributed by atoms with van der Waals surface area (Å²) in [7, 11) is 0. The van der Waals surface area contributed by atoms with Crippen LogP contribution in [0.15, 0.2) is 12.5 Å².